The predicted molar refractivity (Wildman–Crippen MR) is 103 cm³/mol. The van der Waals surface area contributed by atoms with Crippen LogP contribution in [0.5, 0.6) is 0 Å². The van der Waals surface area contributed by atoms with Crippen molar-refractivity contribution in [3.05, 3.63) is 62.7 Å². The van der Waals surface area contributed by atoms with Crippen molar-refractivity contribution < 1.29 is 9.59 Å². The SMILES string of the molecule is Cl.O=C1NC(=O)C([CH]2c3ccc[c]4c3C=[C](Cc3ccccn3)[In]42)S1. The van der Waals surface area contributed by atoms with Crippen molar-refractivity contribution in [1.82, 2.24) is 10.3 Å². The zero-order valence-corrected chi connectivity index (χ0v) is 18.1. The molecular weight excluding hydrogens is 459 g/mol. The summed E-state index contributed by atoms with van der Waals surface area (Å²) >= 11 is -1.18. The average Bonchev–Trinajstić information content (AvgIpc) is 3.14. The number of aromatic nitrogens is 1. The fourth-order valence-corrected chi connectivity index (χ4v) is 18.5. The monoisotopic (exact) mass is 472 g/mol. The van der Waals surface area contributed by atoms with Crippen molar-refractivity contribution in [1.29, 1.82) is 0 Å². The van der Waals surface area contributed by atoms with E-state index in [1.165, 1.54) is 29.5 Å². The van der Waals surface area contributed by atoms with E-state index >= 15 is 0 Å². The first-order chi connectivity index (χ1) is 11.7. The molecule has 2 amide bonds. The second-order valence-corrected chi connectivity index (χ2v) is 16.2. The van der Waals surface area contributed by atoms with Crippen LogP contribution in [0.2, 0.25) is 0 Å². The van der Waals surface area contributed by atoms with Gasteiger partial charge < -0.3 is 0 Å². The molecule has 2 atom stereocenters. The number of nitrogens with one attached hydrogen (secondary N) is 1. The molecule has 1 saturated heterocycles. The summed E-state index contributed by atoms with van der Waals surface area (Å²) in [6.07, 6.45) is 5.05. The Morgan fingerprint density at radius 1 is 1.16 bits per heavy atom. The number of carbonyl (C=O) groups excluding carboxylic acids is 2. The van der Waals surface area contributed by atoms with Gasteiger partial charge in [-0.25, -0.2) is 0 Å². The van der Waals surface area contributed by atoms with E-state index in [1.54, 1.807) is 0 Å². The molecule has 7 heteroatoms. The molecule has 1 N–H and O–H groups in total. The van der Waals surface area contributed by atoms with Crippen LogP contribution in [0.3, 0.4) is 0 Å². The van der Waals surface area contributed by atoms with E-state index in [-0.39, 0.29) is 32.5 Å². The number of imide groups is 1. The summed E-state index contributed by atoms with van der Waals surface area (Å²) in [5, 5.41) is 2.02. The minimum atomic E-state index is -2.37. The Kier molecular flexibility index (Phi) is 4.46. The second kappa shape index (κ2) is 6.49. The Labute approximate surface area is 163 Å². The first kappa shape index (κ1) is 17.2. The van der Waals surface area contributed by atoms with Crippen molar-refractivity contribution in [3.8, 4) is 0 Å². The quantitative estimate of drug-likeness (QED) is 0.745. The molecule has 3 aliphatic rings. The van der Waals surface area contributed by atoms with Crippen molar-refractivity contribution in [2.75, 3.05) is 0 Å². The molecule has 25 heavy (non-hydrogen) atoms. The molecule has 0 spiro atoms. The molecule has 5 rings (SSSR count). The molecule has 3 aliphatic heterocycles. The third kappa shape index (κ3) is 2.66. The molecular formula is C18H14ClInN2O2S. The van der Waals surface area contributed by atoms with Gasteiger partial charge in [0.1, 0.15) is 0 Å². The van der Waals surface area contributed by atoms with Gasteiger partial charge in [-0.3, -0.25) is 0 Å². The molecule has 1 aromatic carbocycles. The van der Waals surface area contributed by atoms with Gasteiger partial charge in [-0.1, -0.05) is 0 Å². The number of halogens is 1. The molecule has 0 aliphatic carbocycles. The number of allylic oxidation sites excluding steroid dienone is 1. The van der Waals surface area contributed by atoms with Crippen molar-refractivity contribution >= 4 is 66.1 Å². The second-order valence-electron chi connectivity index (χ2n) is 6.39. The van der Waals surface area contributed by atoms with E-state index in [2.05, 4.69) is 40.6 Å². The predicted octanol–water partition coefficient (Wildman–Crippen LogP) is 2.37. The fraction of sp³-hybridized carbons (Fsp3) is 0.167. The summed E-state index contributed by atoms with van der Waals surface area (Å²) in [5.74, 6) is -0.107. The van der Waals surface area contributed by atoms with Gasteiger partial charge in [0.05, 0.1) is 0 Å². The summed E-state index contributed by atoms with van der Waals surface area (Å²) in [5.41, 5.74) is 3.71. The summed E-state index contributed by atoms with van der Waals surface area (Å²) in [6.45, 7) is 0. The van der Waals surface area contributed by atoms with Crippen LogP contribution in [0.1, 0.15) is 20.5 Å². The number of benzene rings is 1. The zero-order chi connectivity index (χ0) is 16.3. The third-order valence-corrected chi connectivity index (χ3v) is 17.8. The first-order valence-electron chi connectivity index (χ1n) is 7.97. The maximum atomic E-state index is 12.3. The van der Waals surface area contributed by atoms with Gasteiger partial charge in [0, 0.05) is 0 Å². The molecule has 0 radical (unpaired) electrons. The Bertz CT molecular complexity index is 919. The maximum absolute atomic E-state index is 12.3. The summed E-state index contributed by atoms with van der Waals surface area (Å²) in [6, 6.07) is 12.5. The van der Waals surface area contributed by atoms with Crippen LogP contribution >= 0.6 is 24.2 Å². The van der Waals surface area contributed by atoms with Crippen molar-refractivity contribution in [2.24, 2.45) is 0 Å². The van der Waals surface area contributed by atoms with Crippen LogP contribution in [-0.2, 0) is 11.2 Å². The summed E-state index contributed by atoms with van der Waals surface area (Å²) < 4.78 is 3.26. The van der Waals surface area contributed by atoms with E-state index in [0.29, 0.717) is 0 Å². The summed E-state index contributed by atoms with van der Waals surface area (Å²) in [4.78, 5) is 28.4. The molecule has 4 heterocycles. The van der Waals surface area contributed by atoms with Crippen LogP contribution in [0, 0.1) is 0 Å². The van der Waals surface area contributed by atoms with Crippen molar-refractivity contribution in [2.45, 2.75) is 15.3 Å². The van der Waals surface area contributed by atoms with Crippen molar-refractivity contribution in [3.63, 3.8) is 0 Å². The van der Waals surface area contributed by atoms with Gasteiger partial charge in [-0.05, 0) is 0 Å². The Hall–Kier alpha value is -1.24. The normalized spacial score (nSPS) is 22.7. The van der Waals surface area contributed by atoms with E-state index in [4.69, 9.17) is 0 Å². The van der Waals surface area contributed by atoms with Gasteiger partial charge in [-0.15, -0.1) is 12.4 Å². The number of amides is 2. The number of carbonyl (C=O) groups is 2. The Balaban J connectivity index is 0.00000157. The fourth-order valence-electron chi connectivity index (χ4n) is 4.23. The average molecular weight is 473 g/mol. The molecule has 2 unspecified atom stereocenters. The molecule has 4 bridgehead atoms. The van der Waals surface area contributed by atoms with Crippen LogP contribution in [-0.4, -0.2) is 42.8 Å². The van der Waals surface area contributed by atoms with E-state index in [9.17, 15) is 9.59 Å². The molecule has 0 saturated carbocycles. The van der Waals surface area contributed by atoms with Gasteiger partial charge in [0.2, 0.25) is 0 Å². The van der Waals surface area contributed by atoms with Gasteiger partial charge in [0.25, 0.3) is 0 Å². The van der Waals surface area contributed by atoms with Crippen LogP contribution in [0.15, 0.2) is 45.9 Å². The molecule has 1 aromatic heterocycles. The standard InChI is InChI=1S/C18H13N2O2S.ClH.In/c21-17-16(23-18(22)20-17)12-14-7-2-1-6-13(14)8-5-10-15-9-3-4-11-19-15;;/h1-4,7-9,11-12,16H,10H2,(H,20,21,22);1H;. The number of nitrogens with zero attached hydrogens (tertiary/aromatic N) is 1. The number of hydrogen-bond donors (Lipinski definition) is 1. The Morgan fingerprint density at radius 2 is 2.04 bits per heavy atom. The number of thioether (sulfide) groups is 1. The topological polar surface area (TPSA) is 59.1 Å². The van der Waals surface area contributed by atoms with Gasteiger partial charge >= 0.3 is 152 Å². The molecule has 124 valence electrons. The zero-order valence-electron chi connectivity index (χ0n) is 13.1. The summed E-state index contributed by atoms with van der Waals surface area (Å²) in [7, 11) is 0. The minimum absolute atomic E-state index is 0. The van der Waals surface area contributed by atoms with Crippen LogP contribution < -0.4 is 8.64 Å². The first-order valence-corrected chi connectivity index (χ1v) is 14.0. The number of pyridine rings is 1. The van der Waals surface area contributed by atoms with E-state index in [0.717, 1.165) is 12.1 Å². The number of rotatable bonds is 3. The van der Waals surface area contributed by atoms with E-state index < -0.39 is 21.4 Å². The van der Waals surface area contributed by atoms with E-state index in [1.807, 2.05) is 18.3 Å². The van der Waals surface area contributed by atoms with Gasteiger partial charge in [-0.2, -0.15) is 0 Å². The van der Waals surface area contributed by atoms with Gasteiger partial charge in [0.15, 0.2) is 0 Å². The molecule has 2 aromatic rings. The molecule has 1 fully saturated rings. The Morgan fingerprint density at radius 3 is 2.72 bits per heavy atom. The third-order valence-electron chi connectivity index (χ3n) is 5.11. The molecule has 4 nitrogen and oxygen atoms in total. The van der Waals surface area contributed by atoms with Crippen LogP contribution in [0.25, 0.3) is 6.08 Å². The van der Waals surface area contributed by atoms with Crippen LogP contribution in [0.4, 0.5) is 4.79 Å². The number of hydrogen-bond acceptors (Lipinski definition) is 4.